The summed E-state index contributed by atoms with van der Waals surface area (Å²) in [5, 5.41) is 10.6. The molecule has 1 N–H and O–H groups in total. The summed E-state index contributed by atoms with van der Waals surface area (Å²) < 4.78 is 6.40. The Labute approximate surface area is 169 Å². The van der Waals surface area contributed by atoms with Crippen molar-refractivity contribution >= 4 is 23.5 Å². The first-order valence-corrected chi connectivity index (χ1v) is 10.4. The van der Waals surface area contributed by atoms with Gasteiger partial charge in [-0.1, -0.05) is 78.1 Å². The lowest BCUT2D eigenvalue weighted by Gasteiger charge is -2.12. The first-order chi connectivity index (χ1) is 13.2. The highest BCUT2D eigenvalue weighted by Gasteiger charge is 2.10. The highest BCUT2D eigenvalue weighted by molar-refractivity contribution is 8.22. The smallest absolute Gasteiger partial charge is 0.119 e. The van der Waals surface area contributed by atoms with E-state index in [1.807, 2.05) is 60.7 Å². The number of ether oxygens (including phenoxy) is 1. The maximum absolute atomic E-state index is 10.6. The highest BCUT2D eigenvalue weighted by Crippen LogP contribution is 2.40. The number of rotatable bonds is 8. The molecular formula is C23H22O2S2. The molecule has 0 fully saturated rings. The van der Waals surface area contributed by atoms with E-state index < -0.39 is 6.10 Å². The summed E-state index contributed by atoms with van der Waals surface area (Å²) in [5.41, 5.74) is 0.861. The fourth-order valence-corrected chi connectivity index (χ4v) is 4.66. The molecule has 0 aromatic heterocycles. The van der Waals surface area contributed by atoms with Gasteiger partial charge in [0.05, 0.1) is 13.2 Å². The van der Waals surface area contributed by atoms with Crippen molar-refractivity contribution in [2.24, 2.45) is 0 Å². The molecule has 0 aliphatic heterocycles. The number of benzene rings is 3. The average molecular weight is 395 g/mol. The predicted octanol–water partition coefficient (Wildman–Crippen LogP) is 6.54. The Morgan fingerprint density at radius 2 is 1.48 bits per heavy atom. The zero-order chi connectivity index (χ0) is 18.9. The van der Waals surface area contributed by atoms with Gasteiger partial charge >= 0.3 is 0 Å². The van der Waals surface area contributed by atoms with Gasteiger partial charge in [0.1, 0.15) is 5.75 Å². The number of hydrogen-bond donors (Lipinski definition) is 1. The molecule has 0 aliphatic rings. The van der Waals surface area contributed by atoms with Crippen LogP contribution in [-0.4, -0.2) is 12.2 Å². The zero-order valence-corrected chi connectivity index (χ0v) is 16.7. The molecule has 0 saturated carbocycles. The molecule has 0 bridgehead atoms. The summed E-state index contributed by atoms with van der Waals surface area (Å²) in [4.78, 5) is 2.37. The molecule has 0 aliphatic carbocycles. The van der Waals surface area contributed by atoms with Gasteiger partial charge in [-0.25, -0.2) is 0 Å². The SMILES string of the molecule is COc1cccc([C@H](O)CC=C(Sc2ccccc2)Sc2ccccc2)c1. The van der Waals surface area contributed by atoms with E-state index in [1.165, 1.54) is 9.79 Å². The Bertz CT molecular complexity index is 820. The summed E-state index contributed by atoms with van der Waals surface area (Å²) >= 11 is 3.43. The summed E-state index contributed by atoms with van der Waals surface area (Å²) in [6, 6.07) is 28.2. The zero-order valence-electron chi connectivity index (χ0n) is 15.1. The third kappa shape index (κ3) is 6.21. The van der Waals surface area contributed by atoms with Gasteiger partial charge < -0.3 is 9.84 Å². The van der Waals surface area contributed by atoms with Crippen LogP contribution >= 0.6 is 23.5 Å². The molecule has 1 atom stereocenters. The van der Waals surface area contributed by atoms with E-state index >= 15 is 0 Å². The van der Waals surface area contributed by atoms with Crippen LogP contribution in [0.4, 0.5) is 0 Å². The molecule has 0 spiro atoms. The molecule has 0 heterocycles. The van der Waals surface area contributed by atoms with Crippen LogP contribution in [0.25, 0.3) is 0 Å². The van der Waals surface area contributed by atoms with Crippen molar-refractivity contribution in [3.63, 3.8) is 0 Å². The van der Waals surface area contributed by atoms with Gasteiger partial charge in [-0.15, -0.1) is 0 Å². The second kappa shape index (κ2) is 10.3. The van der Waals surface area contributed by atoms with Crippen LogP contribution in [0, 0.1) is 0 Å². The fraction of sp³-hybridized carbons (Fsp3) is 0.130. The molecule has 4 heteroatoms. The lowest BCUT2D eigenvalue weighted by Crippen LogP contribution is -1.96. The Kier molecular flexibility index (Phi) is 7.45. The maximum atomic E-state index is 10.6. The van der Waals surface area contributed by atoms with Crippen LogP contribution < -0.4 is 4.74 Å². The van der Waals surface area contributed by atoms with E-state index in [0.717, 1.165) is 15.6 Å². The lowest BCUT2D eigenvalue weighted by atomic mass is 10.1. The molecule has 3 aromatic carbocycles. The summed E-state index contributed by atoms with van der Waals surface area (Å²) in [5.74, 6) is 0.757. The molecule has 0 unspecified atom stereocenters. The third-order valence-corrected chi connectivity index (χ3v) is 6.16. The maximum Gasteiger partial charge on any atom is 0.119 e. The molecule has 0 saturated heterocycles. The largest absolute Gasteiger partial charge is 0.497 e. The van der Waals surface area contributed by atoms with Crippen molar-refractivity contribution in [2.75, 3.05) is 7.11 Å². The van der Waals surface area contributed by atoms with Crippen molar-refractivity contribution < 1.29 is 9.84 Å². The second-order valence-corrected chi connectivity index (χ2v) is 8.37. The Morgan fingerprint density at radius 3 is 2.04 bits per heavy atom. The van der Waals surface area contributed by atoms with Gasteiger partial charge in [-0.2, -0.15) is 0 Å². The van der Waals surface area contributed by atoms with Crippen LogP contribution in [0.3, 0.4) is 0 Å². The Balaban J connectivity index is 1.76. The number of hydrogen-bond acceptors (Lipinski definition) is 4. The van der Waals surface area contributed by atoms with E-state index in [1.54, 1.807) is 30.6 Å². The van der Waals surface area contributed by atoms with Crippen molar-refractivity contribution in [1.82, 2.24) is 0 Å². The van der Waals surface area contributed by atoms with Crippen molar-refractivity contribution in [3.05, 3.63) is 101 Å². The average Bonchev–Trinajstić information content (AvgIpc) is 2.73. The van der Waals surface area contributed by atoms with Gasteiger partial charge in [-0.3, -0.25) is 0 Å². The quantitative estimate of drug-likeness (QED) is 0.439. The molecule has 2 nitrogen and oxygen atoms in total. The van der Waals surface area contributed by atoms with Crippen LogP contribution in [0.5, 0.6) is 5.75 Å². The van der Waals surface area contributed by atoms with Crippen molar-refractivity contribution in [1.29, 1.82) is 0 Å². The monoisotopic (exact) mass is 394 g/mol. The second-order valence-electron chi connectivity index (χ2n) is 5.88. The van der Waals surface area contributed by atoms with Gasteiger partial charge in [0.25, 0.3) is 0 Å². The van der Waals surface area contributed by atoms with Gasteiger partial charge in [0, 0.05) is 14.0 Å². The van der Waals surface area contributed by atoms with Crippen LogP contribution in [0.1, 0.15) is 18.1 Å². The molecule has 0 radical (unpaired) electrons. The van der Waals surface area contributed by atoms with Crippen molar-refractivity contribution in [3.8, 4) is 5.75 Å². The minimum Gasteiger partial charge on any atom is -0.497 e. The fourth-order valence-electron chi connectivity index (χ4n) is 2.51. The number of methoxy groups -OCH3 is 1. The minimum absolute atomic E-state index is 0.544. The molecule has 0 amide bonds. The third-order valence-electron chi connectivity index (χ3n) is 3.91. The Hall–Kier alpha value is -2.14. The van der Waals surface area contributed by atoms with Gasteiger partial charge in [0.15, 0.2) is 0 Å². The van der Waals surface area contributed by atoms with Crippen LogP contribution in [-0.2, 0) is 0 Å². The number of thioether (sulfide) groups is 2. The van der Waals surface area contributed by atoms with Crippen LogP contribution in [0.15, 0.2) is 105 Å². The molecule has 138 valence electrons. The summed E-state index contributed by atoms with van der Waals surface area (Å²) in [7, 11) is 1.64. The van der Waals surface area contributed by atoms with Crippen LogP contribution in [0.2, 0.25) is 0 Å². The first-order valence-electron chi connectivity index (χ1n) is 8.72. The highest BCUT2D eigenvalue weighted by atomic mass is 32.2. The van der Waals surface area contributed by atoms with E-state index in [4.69, 9.17) is 4.74 Å². The summed E-state index contributed by atoms with van der Waals surface area (Å²) in [6.07, 6.45) is 2.09. The first kappa shape index (κ1) is 19.6. The van der Waals surface area contributed by atoms with E-state index in [9.17, 15) is 5.11 Å². The number of aliphatic hydroxyl groups excluding tert-OH is 1. The number of aliphatic hydroxyl groups is 1. The standard InChI is InChI=1S/C23H22O2S2/c1-25-19-10-8-9-18(17-19)22(24)15-16-23(26-20-11-4-2-5-12-20)27-21-13-6-3-7-14-21/h2-14,16-17,22,24H,15H2,1H3/t22-/m1/s1. The van der Waals surface area contributed by atoms with E-state index in [2.05, 4.69) is 30.3 Å². The summed E-state index contributed by atoms with van der Waals surface area (Å²) in [6.45, 7) is 0. The van der Waals surface area contributed by atoms with E-state index in [0.29, 0.717) is 6.42 Å². The predicted molar refractivity (Wildman–Crippen MR) is 115 cm³/mol. The topological polar surface area (TPSA) is 29.5 Å². The molecular weight excluding hydrogens is 372 g/mol. The Morgan fingerprint density at radius 1 is 0.889 bits per heavy atom. The molecule has 3 aromatic rings. The van der Waals surface area contributed by atoms with Gasteiger partial charge in [0.2, 0.25) is 0 Å². The minimum atomic E-state index is -0.567. The normalized spacial score (nSPS) is 11.6. The van der Waals surface area contributed by atoms with Gasteiger partial charge in [-0.05, 0) is 48.4 Å². The molecule has 27 heavy (non-hydrogen) atoms. The van der Waals surface area contributed by atoms with Crippen molar-refractivity contribution in [2.45, 2.75) is 22.3 Å². The molecule has 3 rings (SSSR count). The van der Waals surface area contributed by atoms with E-state index in [-0.39, 0.29) is 0 Å². The lowest BCUT2D eigenvalue weighted by molar-refractivity contribution is 0.181.